The standard InChI is InChI=1S/C13H11ClO4/c14-11-4-2-1-3-9(11)7-17-8-12-10(13(15)16)5-6-18-12/h1-6H,7-8H2,(H,15,16). The second-order valence-electron chi connectivity index (χ2n) is 3.65. The van der Waals surface area contributed by atoms with Gasteiger partial charge in [0.05, 0.1) is 12.9 Å². The number of halogens is 1. The van der Waals surface area contributed by atoms with Crippen LogP contribution in [0.5, 0.6) is 0 Å². The monoisotopic (exact) mass is 266 g/mol. The maximum absolute atomic E-state index is 10.8. The number of rotatable bonds is 5. The van der Waals surface area contributed by atoms with Crippen molar-refractivity contribution < 1.29 is 19.1 Å². The zero-order chi connectivity index (χ0) is 13.0. The minimum absolute atomic E-state index is 0.0971. The molecule has 0 spiro atoms. The van der Waals surface area contributed by atoms with Gasteiger partial charge in [-0.1, -0.05) is 29.8 Å². The highest BCUT2D eigenvalue weighted by Crippen LogP contribution is 2.17. The minimum Gasteiger partial charge on any atom is -0.478 e. The third kappa shape index (κ3) is 2.91. The van der Waals surface area contributed by atoms with Gasteiger partial charge in [-0.05, 0) is 17.7 Å². The number of carboxylic acid groups (broad SMARTS) is 1. The number of carboxylic acids is 1. The van der Waals surface area contributed by atoms with Crippen molar-refractivity contribution in [2.45, 2.75) is 13.2 Å². The molecule has 1 heterocycles. The van der Waals surface area contributed by atoms with Crippen molar-refractivity contribution in [1.82, 2.24) is 0 Å². The number of ether oxygens (including phenoxy) is 1. The van der Waals surface area contributed by atoms with Gasteiger partial charge in [0.15, 0.2) is 0 Å². The molecule has 1 aromatic heterocycles. The summed E-state index contributed by atoms with van der Waals surface area (Å²) in [4.78, 5) is 10.8. The normalized spacial score (nSPS) is 10.5. The average molecular weight is 267 g/mol. The molecule has 5 heteroatoms. The Morgan fingerprint density at radius 2 is 2.06 bits per heavy atom. The molecule has 0 saturated carbocycles. The highest BCUT2D eigenvalue weighted by Gasteiger charge is 2.13. The Kier molecular flexibility index (Phi) is 4.02. The second-order valence-corrected chi connectivity index (χ2v) is 4.05. The molecule has 0 amide bonds. The first-order valence-corrected chi connectivity index (χ1v) is 5.67. The van der Waals surface area contributed by atoms with E-state index in [0.717, 1.165) is 5.56 Å². The summed E-state index contributed by atoms with van der Waals surface area (Å²) in [6.45, 7) is 0.402. The zero-order valence-corrected chi connectivity index (χ0v) is 10.2. The first-order chi connectivity index (χ1) is 8.68. The van der Waals surface area contributed by atoms with Crippen molar-refractivity contribution in [1.29, 1.82) is 0 Å². The minimum atomic E-state index is -1.03. The van der Waals surface area contributed by atoms with Gasteiger partial charge in [0.25, 0.3) is 0 Å². The summed E-state index contributed by atoms with van der Waals surface area (Å²) in [5.74, 6) is -0.727. The Morgan fingerprint density at radius 3 is 2.78 bits per heavy atom. The number of hydrogen-bond acceptors (Lipinski definition) is 3. The summed E-state index contributed by atoms with van der Waals surface area (Å²) in [6.07, 6.45) is 1.33. The van der Waals surface area contributed by atoms with Gasteiger partial charge < -0.3 is 14.3 Å². The fourth-order valence-electron chi connectivity index (χ4n) is 1.51. The van der Waals surface area contributed by atoms with Crippen molar-refractivity contribution >= 4 is 17.6 Å². The van der Waals surface area contributed by atoms with E-state index in [1.54, 1.807) is 6.07 Å². The molecule has 0 unspecified atom stereocenters. The van der Waals surface area contributed by atoms with E-state index in [9.17, 15) is 4.79 Å². The number of hydrogen-bond donors (Lipinski definition) is 1. The number of furan rings is 1. The van der Waals surface area contributed by atoms with Gasteiger partial charge in [0.1, 0.15) is 17.9 Å². The van der Waals surface area contributed by atoms with Gasteiger partial charge in [-0.15, -0.1) is 0 Å². The van der Waals surface area contributed by atoms with E-state index in [1.165, 1.54) is 12.3 Å². The molecule has 1 aromatic carbocycles. The highest BCUT2D eigenvalue weighted by molar-refractivity contribution is 6.31. The van der Waals surface area contributed by atoms with Crippen LogP contribution < -0.4 is 0 Å². The summed E-state index contributed by atoms with van der Waals surface area (Å²) in [5, 5.41) is 9.50. The van der Waals surface area contributed by atoms with Crippen LogP contribution in [0.4, 0.5) is 0 Å². The topological polar surface area (TPSA) is 59.7 Å². The smallest absolute Gasteiger partial charge is 0.339 e. The predicted octanol–water partition coefficient (Wildman–Crippen LogP) is 3.35. The van der Waals surface area contributed by atoms with Crippen molar-refractivity contribution in [3.63, 3.8) is 0 Å². The van der Waals surface area contributed by atoms with Crippen LogP contribution in [-0.4, -0.2) is 11.1 Å². The lowest BCUT2D eigenvalue weighted by molar-refractivity contribution is 0.0671. The lowest BCUT2D eigenvalue weighted by Gasteiger charge is -2.05. The third-order valence-electron chi connectivity index (χ3n) is 2.42. The summed E-state index contributed by atoms with van der Waals surface area (Å²) in [6, 6.07) is 8.72. The maximum atomic E-state index is 10.8. The molecular formula is C13H11ClO4. The van der Waals surface area contributed by atoms with E-state index in [4.69, 9.17) is 25.9 Å². The van der Waals surface area contributed by atoms with Crippen LogP contribution in [0.3, 0.4) is 0 Å². The van der Waals surface area contributed by atoms with E-state index in [-0.39, 0.29) is 12.2 Å². The van der Waals surface area contributed by atoms with Crippen LogP contribution in [0.1, 0.15) is 21.7 Å². The van der Waals surface area contributed by atoms with Gasteiger partial charge in [0, 0.05) is 5.02 Å². The molecule has 1 N–H and O–H groups in total. The number of carbonyl (C=O) groups is 1. The molecule has 0 bridgehead atoms. The van der Waals surface area contributed by atoms with Crippen LogP contribution in [0.2, 0.25) is 5.02 Å². The maximum Gasteiger partial charge on any atom is 0.339 e. The first kappa shape index (κ1) is 12.7. The molecule has 0 fully saturated rings. The quantitative estimate of drug-likeness (QED) is 0.902. The van der Waals surface area contributed by atoms with Crippen LogP contribution in [0.25, 0.3) is 0 Å². The number of benzene rings is 1. The molecule has 0 atom stereocenters. The van der Waals surface area contributed by atoms with Crippen LogP contribution >= 0.6 is 11.6 Å². The van der Waals surface area contributed by atoms with E-state index >= 15 is 0 Å². The molecule has 4 nitrogen and oxygen atoms in total. The Hall–Kier alpha value is -1.78. The average Bonchev–Trinajstić information content (AvgIpc) is 2.80. The highest BCUT2D eigenvalue weighted by atomic mass is 35.5. The summed E-state index contributed by atoms with van der Waals surface area (Å²) < 4.78 is 10.4. The van der Waals surface area contributed by atoms with E-state index < -0.39 is 5.97 Å². The zero-order valence-electron chi connectivity index (χ0n) is 9.43. The van der Waals surface area contributed by atoms with Crippen LogP contribution in [0, 0.1) is 0 Å². The van der Waals surface area contributed by atoms with E-state index in [1.807, 2.05) is 18.2 Å². The fourth-order valence-corrected chi connectivity index (χ4v) is 1.70. The molecule has 2 rings (SSSR count). The van der Waals surface area contributed by atoms with E-state index in [0.29, 0.717) is 17.4 Å². The first-order valence-electron chi connectivity index (χ1n) is 5.29. The molecule has 0 aliphatic heterocycles. The molecule has 0 saturated heterocycles. The Balaban J connectivity index is 1.95. The SMILES string of the molecule is O=C(O)c1ccoc1COCc1ccccc1Cl. The Labute approximate surface area is 109 Å². The van der Waals surface area contributed by atoms with Crippen LogP contribution in [-0.2, 0) is 18.0 Å². The molecule has 0 aliphatic carbocycles. The van der Waals surface area contributed by atoms with Gasteiger partial charge in [-0.3, -0.25) is 0 Å². The summed E-state index contributed by atoms with van der Waals surface area (Å²) in [7, 11) is 0. The summed E-state index contributed by atoms with van der Waals surface area (Å²) >= 11 is 5.97. The lowest BCUT2D eigenvalue weighted by Crippen LogP contribution is -2.01. The van der Waals surface area contributed by atoms with Crippen molar-refractivity contribution in [2.75, 3.05) is 0 Å². The third-order valence-corrected chi connectivity index (χ3v) is 2.79. The van der Waals surface area contributed by atoms with Crippen molar-refractivity contribution in [2.24, 2.45) is 0 Å². The van der Waals surface area contributed by atoms with Gasteiger partial charge in [-0.25, -0.2) is 4.79 Å². The molecule has 94 valence electrons. The molecule has 2 aromatic rings. The van der Waals surface area contributed by atoms with Crippen molar-refractivity contribution in [3.8, 4) is 0 Å². The van der Waals surface area contributed by atoms with Crippen molar-refractivity contribution in [3.05, 3.63) is 58.5 Å². The van der Waals surface area contributed by atoms with Gasteiger partial charge >= 0.3 is 5.97 Å². The Bertz CT molecular complexity index is 547. The molecular weight excluding hydrogens is 256 g/mol. The predicted molar refractivity (Wildman–Crippen MR) is 65.6 cm³/mol. The number of aromatic carboxylic acids is 1. The Morgan fingerprint density at radius 1 is 1.28 bits per heavy atom. The van der Waals surface area contributed by atoms with Crippen LogP contribution in [0.15, 0.2) is 41.0 Å². The molecule has 0 aliphatic rings. The largest absolute Gasteiger partial charge is 0.478 e. The lowest BCUT2D eigenvalue weighted by atomic mass is 10.2. The summed E-state index contributed by atoms with van der Waals surface area (Å²) in [5.41, 5.74) is 0.969. The molecule has 18 heavy (non-hydrogen) atoms. The van der Waals surface area contributed by atoms with E-state index in [2.05, 4.69) is 0 Å². The van der Waals surface area contributed by atoms with Gasteiger partial charge in [0.2, 0.25) is 0 Å². The second kappa shape index (κ2) is 5.71. The fraction of sp³-hybridized carbons (Fsp3) is 0.154. The molecule has 0 radical (unpaired) electrons. The van der Waals surface area contributed by atoms with Gasteiger partial charge in [-0.2, -0.15) is 0 Å².